The van der Waals surface area contributed by atoms with Crippen LogP contribution in [0.1, 0.15) is 68.2 Å². The van der Waals surface area contributed by atoms with E-state index in [0.29, 0.717) is 12.6 Å². The Labute approximate surface area is 184 Å². The molecule has 2 aromatic rings. The largest absolute Gasteiger partial charge is 0.490 e. The number of carbonyl (C=O) groups is 2. The highest BCUT2D eigenvalue weighted by Crippen LogP contribution is 2.32. The number of fused-ring (bicyclic) bond motifs is 1. The highest BCUT2D eigenvalue weighted by Gasteiger charge is 2.28. The smallest absolute Gasteiger partial charge is 0.223 e. The normalized spacial score (nSPS) is 18.4. The van der Waals surface area contributed by atoms with Gasteiger partial charge in [0, 0.05) is 19.7 Å². The van der Waals surface area contributed by atoms with E-state index >= 15 is 0 Å². The van der Waals surface area contributed by atoms with Gasteiger partial charge in [0.25, 0.3) is 0 Å². The highest BCUT2D eigenvalue weighted by molar-refractivity contribution is 5.81. The lowest BCUT2D eigenvalue weighted by molar-refractivity contribution is -0.130. The SMILES string of the molecule is CC(=O)N1C=Cc2ccccc2C1CC(=O)NCc1cccc(OC2CCCCC2)c1. The number of carbonyl (C=O) groups excluding carboxylic acids is 2. The molecular formula is C26H30N2O3. The molecule has 0 aromatic heterocycles. The van der Waals surface area contributed by atoms with E-state index in [1.165, 1.54) is 26.2 Å². The van der Waals surface area contributed by atoms with Crippen molar-refractivity contribution in [2.45, 2.75) is 64.1 Å². The second-order valence-corrected chi connectivity index (χ2v) is 8.39. The van der Waals surface area contributed by atoms with Crippen LogP contribution in [-0.4, -0.2) is 22.8 Å². The third-order valence-electron chi connectivity index (χ3n) is 6.09. The molecular weight excluding hydrogens is 388 g/mol. The van der Waals surface area contributed by atoms with Crippen LogP contribution in [-0.2, 0) is 16.1 Å². The Morgan fingerprint density at radius 1 is 1.06 bits per heavy atom. The molecule has 2 amide bonds. The van der Waals surface area contributed by atoms with Gasteiger partial charge in [-0.25, -0.2) is 0 Å². The first kappa shape index (κ1) is 21.2. The van der Waals surface area contributed by atoms with Gasteiger partial charge in [-0.15, -0.1) is 0 Å². The van der Waals surface area contributed by atoms with Crippen LogP contribution in [0.3, 0.4) is 0 Å². The lowest BCUT2D eigenvalue weighted by Crippen LogP contribution is -2.35. The lowest BCUT2D eigenvalue weighted by Gasteiger charge is -2.32. The zero-order chi connectivity index (χ0) is 21.6. The summed E-state index contributed by atoms with van der Waals surface area (Å²) in [5.41, 5.74) is 3.05. The number of nitrogens with zero attached hydrogens (tertiary/aromatic N) is 1. The molecule has 162 valence electrons. The van der Waals surface area contributed by atoms with Crippen LogP contribution in [0.2, 0.25) is 0 Å². The molecule has 5 heteroatoms. The van der Waals surface area contributed by atoms with Crippen molar-refractivity contribution in [3.63, 3.8) is 0 Å². The average molecular weight is 419 g/mol. The molecule has 0 radical (unpaired) electrons. The summed E-state index contributed by atoms with van der Waals surface area (Å²) in [5, 5.41) is 3.01. The lowest BCUT2D eigenvalue weighted by atomic mass is 9.93. The van der Waals surface area contributed by atoms with Gasteiger partial charge >= 0.3 is 0 Å². The molecule has 2 aromatic carbocycles. The Hall–Kier alpha value is -3.08. The maximum atomic E-state index is 12.8. The molecule has 1 N–H and O–H groups in total. The topological polar surface area (TPSA) is 58.6 Å². The Morgan fingerprint density at radius 3 is 2.68 bits per heavy atom. The molecule has 0 bridgehead atoms. The molecule has 1 heterocycles. The van der Waals surface area contributed by atoms with Crippen LogP contribution in [0.25, 0.3) is 6.08 Å². The van der Waals surface area contributed by atoms with Gasteiger partial charge in [0.15, 0.2) is 0 Å². The van der Waals surface area contributed by atoms with Crippen LogP contribution >= 0.6 is 0 Å². The highest BCUT2D eigenvalue weighted by atomic mass is 16.5. The fourth-order valence-corrected chi connectivity index (χ4v) is 4.47. The van der Waals surface area contributed by atoms with E-state index in [4.69, 9.17) is 4.74 Å². The molecule has 4 rings (SSSR count). The first-order valence-corrected chi connectivity index (χ1v) is 11.2. The summed E-state index contributed by atoms with van der Waals surface area (Å²) in [5.74, 6) is 0.712. The first-order valence-electron chi connectivity index (χ1n) is 11.2. The number of amides is 2. The summed E-state index contributed by atoms with van der Waals surface area (Å²) in [4.78, 5) is 26.5. The number of ether oxygens (including phenoxy) is 1. The van der Waals surface area contributed by atoms with Crippen LogP contribution in [0.4, 0.5) is 0 Å². The molecule has 1 saturated carbocycles. The monoisotopic (exact) mass is 418 g/mol. The number of hydrogen-bond acceptors (Lipinski definition) is 3. The van der Waals surface area contributed by atoms with Gasteiger partial charge in [0.1, 0.15) is 5.75 Å². The number of rotatable bonds is 6. The third kappa shape index (κ3) is 5.35. The summed E-state index contributed by atoms with van der Waals surface area (Å²) < 4.78 is 6.14. The maximum Gasteiger partial charge on any atom is 0.223 e. The van der Waals surface area contributed by atoms with Crippen molar-refractivity contribution in [2.75, 3.05) is 0 Å². The minimum atomic E-state index is -0.292. The molecule has 31 heavy (non-hydrogen) atoms. The summed E-state index contributed by atoms with van der Waals surface area (Å²) in [6.45, 7) is 1.96. The van der Waals surface area contributed by atoms with E-state index in [1.54, 1.807) is 11.1 Å². The standard InChI is InChI=1S/C26H30N2O3/c1-19(29)28-15-14-21-9-5-6-13-24(21)25(28)17-26(30)27-18-20-8-7-12-23(16-20)31-22-10-3-2-4-11-22/h5-9,12-16,22,25H,2-4,10-11,17-18H2,1H3,(H,27,30). The zero-order valence-electron chi connectivity index (χ0n) is 18.0. The predicted octanol–water partition coefficient (Wildman–Crippen LogP) is 4.98. The second-order valence-electron chi connectivity index (χ2n) is 8.39. The van der Waals surface area contributed by atoms with Crippen LogP contribution in [0.5, 0.6) is 5.75 Å². The van der Waals surface area contributed by atoms with Crippen molar-refractivity contribution in [1.82, 2.24) is 10.2 Å². The summed E-state index contributed by atoms with van der Waals surface area (Å²) in [6.07, 6.45) is 10.2. The van der Waals surface area contributed by atoms with E-state index in [1.807, 2.05) is 54.6 Å². The molecule has 1 aliphatic carbocycles. The zero-order valence-corrected chi connectivity index (χ0v) is 18.0. The Morgan fingerprint density at radius 2 is 1.87 bits per heavy atom. The van der Waals surface area contributed by atoms with Crippen LogP contribution in [0.15, 0.2) is 54.7 Å². The third-order valence-corrected chi connectivity index (χ3v) is 6.09. The number of hydrogen-bond donors (Lipinski definition) is 1. The van der Waals surface area contributed by atoms with E-state index < -0.39 is 0 Å². The molecule has 0 spiro atoms. The minimum absolute atomic E-state index is 0.0730. The van der Waals surface area contributed by atoms with Gasteiger partial charge < -0.3 is 15.0 Å². The van der Waals surface area contributed by atoms with Crippen molar-refractivity contribution in [1.29, 1.82) is 0 Å². The van der Waals surface area contributed by atoms with Gasteiger partial charge in [-0.05, 0) is 60.6 Å². The van der Waals surface area contributed by atoms with Gasteiger partial charge in [-0.2, -0.15) is 0 Å². The Kier molecular flexibility index (Phi) is 6.70. The van der Waals surface area contributed by atoms with E-state index in [0.717, 1.165) is 35.3 Å². The van der Waals surface area contributed by atoms with Crippen LogP contribution in [0, 0.1) is 0 Å². The molecule has 5 nitrogen and oxygen atoms in total. The number of nitrogens with one attached hydrogen (secondary N) is 1. The van der Waals surface area contributed by atoms with Crippen molar-refractivity contribution in [2.24, 2.45) is 0 Å². The minimum Gasteiger partial charge on any atom is -0.490 e. The van der Waals surface area contributed by atoms with Crippen molar-refractivity contribution in [3.8, 4) is 5.75 Å². The first-order chi connectivity index (χ1) is 15.1. The molecule has 2 aliphatic rings. The van der Waals surface area contributed by atoms with Gasteiger partial charge in [-0.1, -0.05) is 42.8 Å². The summed E-state index contributed by atoms with van der Waals surface area (Å²) in [6, 6.07) is 15.6. The quantitative estimate of drug-likeness (QED) is 0.720. The number of benzene rings is 2. The second kappa shape index (κ2) is 9.82. The van der Waals surface area contributed by atoms with Gasteiger partial charge in [0.2, 0.25) is 11.8 Å². The molecule has 1 unspecified atom stereocenters. The molecule has 1 atom stereocenters. The summed E-state index contributed by atoms with van der Waals surface area (Å²) >= 11 is 0. The van der Waals surface area contributed by atoms with Gasteiger partial charge in [0.05, 0.1) is 18.6 Å². The summed E-state index contributed by atoms with van der Waals surface area (Å²) in [7, 11) is 0. The van der Waals surface area contributed by atoms with Crippen LogP contribution < -0.4 is 10.1 Å². The van der Waals surface area contributed by atoms with Crippen molar-refractivity contribution < 1.29 is 14.3 Å². The fourth-order valence-electron chi connectivity index (χ4n) is 4.47. The molecule has 1 fully saturated rings. The molecule has 1 aliphatic heterocycles. The average Bonchev–Trinajstić information content (AvgIpc) is 2.79. The van der Waals surface area contributed by atoms with E-state index in [9.17, 15) is 9.59 Å². The Bertz CT molecular complexity index is 963. The maximum absolute atomic E-state index is 12.8. The fraction of sp³-hybridized carbons (Fsp3) is 0.385. The van der Waals surface area contributed by atoms with Crippen molar-refractivity contribution in [3.05, 3.63) is 71.4 Å². The molecule has 0 saturated heterocycles. The van der Waals surface area contributed by atoms with E-state index in [-0.39, 0.29) is 24.3 Å². The van der Waals surface area contributed by atoms with E-state index in [2.05, 4.69) is 5.32 Å². The van der Waals surface area contributed by atoms with Crippen molar-refractivity contribution >= 4 is 17.9 Å². The Balaban J connectivity index is 1.37. The predicted molar refractivity (Wildman–Crippen MR) is 121 cm³/mol. The van der Waals surface area contributed by atoms with Gasteiger partial charge in [-0.3, -0.25) is 9.59 Å².